The van der Waals surface area contributed by atoms with Gasteiger partial charge in [0.25, 0.3) is 0 Å². The van der Waals surface area contributed by atoms with Crippen LogP contribution >= 0.6 is 0 Å². The first-order chi connectivity index (χ1) is 8.62. The van der Waals surface area contributed by atoms with E-state index in [2.05, 4.69) is 34.1 Å². The van der Waals surface area contributed by atoms with Crippen molar-refractivity contribution in [2.24, 2.45) is 0 Å². The molecule has 3 heteroatoms. The van der Waals surface area contributed by atoms with Crippen LogP contribution in [0.4, 0.5) is 0 Å². The molecule has 94 valence electrons. The molecule has 0 aliphatic carbocycles. The number of benzene rings is 1. The lowest BCUT2D eigenvalue weighted by Crippen LogP contribution is -2.29. The molecule has 2 aromatic rings. The highest BCUT2D eigenvalue weighted by Crippen LogP contribution is 2.23. The third-order valence-corrected chi connectivity index (χ3v) is 3.60. The maximum Gasteiger partial charge on any atom is 0.0758 e. The van der Waals surface area contributed by atoms with Gasteiger partial charge in [-0.3, -0.25) is 9.88 Å². The number of nitrogens with zero attached hydrogens (tertiary/aromatic N) is 2. The number of hydrogen-bond donors (Lipinski definition) is 1. The smallest absolute Gasteiger partial charge is 0.0758 e. The standard InChI is InChI=1S/C15H18N2O/c1-15(18)6-8-17(11-15)10-12-4-5-14-13(9-12)3-2-7-16-14/h2-5,7,9,18H,6,8,10-11H2,1H3. The Morgan fingerprint density at radius 1 is 1.39 bits per heavy atom. The van der Waals surface area contributed by atoms with Gasteiger partial charge >= 0.3 is 0 Å². The summed E-state index contributed by atoms with van der Waals surface area (Å²) in [7, 11) is 0. The molecule has 3 rings (SSSR count). The first-order valence-electron chi connectivity index (χ1n) is 6.41. The average molecular weight is 242 g/mol. The fraction of sp³-hybridized carbons (Fsp3) is 0.400. The molecule has 1 fully saturated rings. The van der Waals surface area contributed by atoms with Gasteiger partial charge in [0.15, 0.2) is 0 Å². The maximum atomic E-state index is 9.96. The molecule has 1 unspecified atom stereocenters. The lowest BCUT2D eigenvalue weighted by atomic mass is 10.1. The molecular formula is C15H18N2O. The van der Waals surface area contributed by atoms with E-state index in [4.69, 9.17) is 0 Å². The molecule has 3 nitrogen and oxygen atoms in total. The van der Waals surface area contributed by atoms with Crippen LogP contribution in [-0.4, -0.2) is 33.7 Å². The van der Waals surface area contributed by atoms with E-state index >= 15 is 0 Å². The van der Waals surface area contributed by atoms with Gasteiger partial charge in [-0.1, -0.05) is 12.1 Å². The summed E-state index contributed by atoms with van der Waals surface area (Å²) in [4.78, 5) is 6.63. The minimum Gasteiger partial charge on any atom is -0.389 e. The molecule has 1 aliphatic rings. The van der Waals surface area contributed by atoms with Gasteiger partial charge in [0.05, 0.1) is 11.1 Å². The maximum absolute atomic E-state index is 9.96. The second-order valence-corrected chi connectivity index (χ2v) is 5.49. The summed E-state index contributed by atoms with van der Waals surface area (Å²) in [6, 6.07) is 10.4. The van der Waals surface area contributed by atoms with Gasteiger partial charge in [-0.05, 0) is 37.1 Å². The van der Waals surface area contributed by atoms with Gasteiger partial charge < -0.3 is 5.11 Å². The van der Waals surface area contributed by atoms with Gasteiger partial charge in [-0.2, -0.15) is 0 Å². The SMILES string of the molecule is CC1(O)CCN(Cc2ccc3ncccc3c2)C1. The molecule has 0 saturated carbocycles. The lowest BCUT2D eigenvalue weighted by Gasteiger charge is -2.18. The van der Waals surface area contributed by atoms with E-state index in [1.54, 1.807) is 0 Å². The highest BCUT2D eigenvalue weighted by Gasteiger charge is 2.30. The Hall–Kier alpha value is -1.45. The van der Waals surface area contributed by atoms with Gasteiger partial charge in [0, 0.05) is 31.2 Å². The van der Waals surface area contributed by atoms with Crippen LogP contribution in [0.15, 0.2) is 36.5 Å². The molecule has 0 amide bonds. The Labute approximate surface area is 107 Å². The number of aliphatic hydroxyl groups is 1. The first kappa shape index (κ1) is 11.6. The van der Waals surface area contributed by atoms with E-state index < -0.39 is 5.60 Å². The van der Waals surface area contributed by atoms with Crippen molar-refractivity contribution >= 4 is 10.9 Å². The van der Waals surface area contributed by atoms with Crippen molar-refractivity contribution in [1.82, 2.24) is 9.88 Å². The van der Waals surface area contributed by atoms with Crippen molar-refractivity contribution in [3.8, 4) is 0 Å². The summed E-state index contributed by atoms with van der Waals surface area (Å²) in [6.07, 6.45) is 2.68. The Morgan fingerprint density at radius 2 is 2.28 bits per heavy atom. The Balaban J connectivity index is 1.79. The summed E-state index contributed by atoms with van der Waals surface area (Å²) < 4.78 is 0. The normalized spacial score (nSPS) is 24.8. The molecule has 0 spiro atoms. The molecule has 1 aliphatic heterocycles. The van der Waals surface area contributed by atoms with E-state index in [1.165, 1.54) is 10.9 Å². The average Bonchev–Trinajstić information content (AvgIpc) is 2.68. The van der Waals surface area contributed by atoms with Crippen molar-refractivity contribution in [1.29, 1.82) is 0 Å². The van der Waals surface area contributed by atoms with E-state index in [1.807, 2.05) is 19.2 Å². The molecule has 1 aromatic heterocycles. The van der Waals surface area contributed by atoms with Crippen molar-refractivity contribution in [2.45, 2.75) is 25.5 Å². The van der Waals surface area contributed by atoms with E-state index in [9.17, 15) is 5.11 Å². The third kappa shape index (κ3) is 2.37. The zero-order chi connectivity index (χ0) is 12.6. The van der Waals surface area contributed by atoms with Crippen LogP contribution in [0.2, 0.25) is 0 Å². The van der Waals surface area contributed by atoms with Gasteiger partial charge in [-0.15, -0.1) is 0 Å². The minimum absolute atomic E-state index is 0.515. The van der Waals surface area contributed by atoms with E-state index in [0.29, 0.717) is 0 Å². The highest BCUT2D eigenvalue weighted by atomic mass is 16.3. The lowest BCUT2D eigenvalue weighted by molar-refractivity contribution is 0.0679. The molecule has 1 aromatic carbocycles. The van der Waals surface area contributed by atoms with Crippen molar-refractivity contribution in [2.75, 3.05) is 13.1 Å². The zero-order valence-corrected chi connectivity index (χ0v) is 10.6. The largest absolute Gasteiger partial charge is 0.389 e. The van der Waals surface area contributed by atoms with Gasteiger partial charge in [0.2, 0.25) is 0 Å². The van der Waals surface area contributed by atoms with Crippen LogP contribution in [0.25, 0.3) is 10.9 Å². The Morgan fingerprint density at radius 3 is 3.06 bits per heavy atom. The molecular weight excluding hydrogens is 224 g/mol. The second-order valence-electron chi connectivity index (χ2n) is 5.49. The Bertz CT molecular complexity index is 565. The van der Waals surface area contributed by atoms with Crippen LogP contribution in [0, 0.1) is 0 Å². The van der Waals surface area contributed by atoms with E-state index in [0.717, 1.165) is 31.6 Å². The van der Waals surface area contributed by atoms with Crippen LogP contribution in [0.3, 0.4) is 0 Å². The molecule has 1 saturated heterocycles. The summed E-state index contributed by atoms with van der Waals surface area (Å²) >= 11 is 0. The van der Waals surface area contributed by atoms with Crippen molar-refractivity contribution < 1.29 is 5.11 Å². The molecule has 18 heavy (non-hydrogen) atoms. The molecule has 1 atom stereocenters. The molecule has 2 heterocycles. The van der Waals surface area contributed by atoms with Gasteiger partial charge in [-0.25, -0.2) is 0 Å². The predicted octanol–water partition coefficient (Wildman–Crippen LogP) is 2.19. The Kier molecular flexibility index (Phi) is 2.80. The highest BCUT2D eigenvalue weighted by molar-refractivity contribution is 5.78. The number of rotatable bonds is 2. The van der Waals surface area contributed by atoms with E-state index in [-0.39, 0.29) is 0 Å². The van der Waals surface area contributed by atoms with Crippen molar-refractivity contribution in [3.05, 3.63) is 42.1 Å². The van der Waals surface area contributed by atoms with Crippen LogP contribution in [0.5, 0.6) is 0 Å². The van der Waals surface area contributed by atoms with Crippen LogP contribution < -0.4 is 0 Å². The van der Waals surface area contributed by atoms with Crippen LogP contribution in [-0.2, 0) is 6.54 Å². The summed E-state index contributed by atoms with van der Waals surface area (Å²) in [5, 5.41) is 11.1. The van der Waals surface area contributed by atoms with Gasteiger partial charge in [0.1, 0.15) is 0 Å². The minimum atomic E-state index is -0.515. The molecule has 0 bridgehead atoms. The fourth-order valence-corrected chi connectivity index (χ4v) is 2.66. The zero-order valence-electron chi connectivity index (χ0n) is 10.6. The fourth-order valence-electron chi connectivity index (χ4n) is 2.66. The quantitative estimate of drug-likeness (QED) is 0.877. The van der Waals surface area contributed by atoms with Crippen molar-refractivity contribution in [3.63, 3.8) is 0 Å². The number of β-amino-alcohol motifs (C(OH)–C–C–N with tert-alkyl or cyclic N) is 1. The summed E-state index contributed by atoms with van der Waals surface area (Å²) in [5.74, 6) is 0. The number of fused-ring (bicyclic) bond motifs is 1. The first-order valence-corrected chi connectivity index (χ1v) is 6.41. The number of likely N-dealkylation sites (tertiary alicyclic amines) is 1. The van der Waals surface area contributed by atoms with Crippen LogP contribution in [0.1, 0.15) is 18.9 Å². The monoisotopic (exact) mass is 242 g/mol. The predicted molar refractivity (Wildman–Crippen MR) is 72.3 cm³/mol. The summed E-state index contributed by atoms with van der Waals surface area (Å²) in [5.41, 5.74) is 1.81. The number of aromatic nitrogens is 1. The summed E-state index contributed by atoms with van der Waals surface area (Å²) in [6.45, 7) is 4.55. The second kappa shape index (κ2) is 4.34. The third-order valence-electron chi connectivity index (χ3n) is 3.60. The molecule has 0 radical (unpaired) electrons. The number of pyridine rings is 1. The topological polar surface area (TPSA) is 36.4 Å². The number of hydrogen-bond acceptors (Lipinski definition) is 3. The molecule has 1 N–H and O–H groups in total.